The topological polar surface area (TPSA) is 154 Å². The van der Waals surface area contributed by atoms with Crippen molar-refractivity contribution in [2.45, 2.75) is 44.4 Å². The number of piperidine rings is 1. The maximum absolute atomic E-state index is 13.5. The number of aliphatic hydroxyl groups is 1. The Morgan fingerprint density at radius 2 is 1.85 bits per heavy atom. The molecular formula is C24H30Cl2F3N9O3. The second kappa shape index (κ2) is 12.9. The molecule has 2 fully saturated rings. The maximum Gasteiger partial charge on any atom is 0.434 e. The van der Waals surface area contributed by atoms with Crippen LogP contribution in [0.5, 0.6) is 0 Å². The Balaban J connectivity index is 1.40. The van der Waals surface area contributed by atoms with E-state index in [1.54, 1.807) is 0 Å². The summed E-state index contributed by atoms with van der Waals surface area (Å²) in [6.07, 6.45) is -2.04. The van der Waals surface area contributed by atoms with E-state index in [4.69, 9.17) is 34.0 Å². The van der Waals surface area contributed by atoms with Crippen LogP contribution < -0.4 is 16.0 Å². The zero-order valence-electron chi connectivity index (χ0n) is 22.2. The minimum absolute atomic E-state index is 0.0351. The largest absolute Gasteiger partial charge is 0.434 e. The third-order valence-electron chi connectivity index (χ3n) is 7.25. The molecule has 17 heteroatoms. The minimum atomic E-state index is -4.84. The first-order chi connectivity index (χ1) is 19.4. The number of hydrogen-bond donors (Lipinski definition) is 3. The molecule has 0 radical (unpaired) electrons. The van der Waals surface area contributed by atoms with Crippen LogP contribution in [0.4, 0.5) is 24.8 Å². The van der Waals surface area contributed by atoms with Gasteiger partial charge in [-0.15, -0.1) is 0 Å². The summed E-state index contributed by atoms with van der Waals surface area (Å²) in [5, 5.41) is 10.8. The van der Waals surface area contributed by atoms with Gasteiger partial charge < -0.3 is 26.0 Å². The first kappa shape index (κ1) is 30.9. The normalized spacial score (nSPS) is 19.0. The molecule has 4 N–H and O–H groups in total. The van der Waals surface area contributed by atoms with E-state index >= 15 is 0 Å². The Labute approximate surface area is 244 Å². The molecule has 4 heterocycles. The molecular weight excluding hydrogens is 590 g/mol. The van der Waals surface area contributed by atoms with E-state index in [2.05, 4.69) is 37.1 Å². The van der Waals surface area contributed by atoms with Gasteiger partial charge in [-0.25, -0.2) is 19.9 Å². The second-order valence-electron chi connectivity index (χ2n) is 9.72. The summed E-state index contributed by atoms with van der Waals surface area (Å²) in [6.45, 7) is 4.19. The van der Waals surface area contributed by atoms with Crippen molar-refractivity contribution in [3.63, 3.8) is 0 Å². The molecule has 1 atom stereocenters. The minimum Gasteiger partial charge on any atom is -0.395 e. The highest BCUT2D eigenvalue weighted by atomic mass is 35.5. The third kappa shape index (κ3) is 6.90. The average molecular weight is 620 g/mol. The third-order valence-corrected chi connectivity index (χ3v) is 7.69. The van der Waals surface area contributed by atoms with Gasteiger partial charge in [-0.2, -0.15) is 13.2 Å². The van der Waals surface area contributed by atoms with Gasteiger partial charge >= 0.3 is 6.18 Å². The van der Waals surface area contributed by atoms with Gasteiger partial charge in [-0.3, -0.25) is 14.5 Å². The number of anilines is 2. The van der Waals surface area contributed by atoms with Gasteiger partial charge in [-0.05, 0) is 30.9 Å². The van der Waals surface area contributed by atoms with Crippen LogP contribution in [0.3, 0.4) is 0 Å². The molecule has 0 aromatic carbocycles. The van der Waals surface area contributed by atoms with E-state index in [0.717, 1.165) is 12.6 Å². The number of aliphatic hydroxyl groups excluding tert-OH is 1. The van der Waals surface area contributed by atoms with Crippen molar-refractivity contribution in [1.29, 1.82) is 0 Å². The quantitative estimate of drug-likeness (QED) is 0.393. The zero-order valence-corrected chi connectivity index (χ0v) is 23.7. The van der Waals surface area contributed by atoms with Gasteiger partial charge in [0.1, 0.15) is 0 Å². The fourth-order valence-corrected chi connectivity index (χ4v) is 5.63. The molecule has 12 nitrogen and oxygen atoms in total. The molecule has 0 bridgehead atoms. The summed E-state index contributed by atoms with van der Waals surface area (Å²) in [7, 11) is 0. The number of rotatable bonds is 7. The van der Waals surface area contributed by atoms with Crippen LogP contribution in [0.1, 0.15) is 52.7 Å². The second-order valence-corrected chi connectivity index (χ2v) is 10.4. The van der Waals surface area contributed by atoms with Crippen LogP contribution in [0.25, 0.3) is 0 Å². The van der Waals surface area contributed by atoms with Crippen molar-refractivity contribution in [2.75, 3.05) is 56.5 Å². The number of carbonyl (C=O) groups is 2. The number of likely N-dealkylation sites (tertiary alicyclic amines) is 1. The SMILES string of the molecule is CC[C@H]1CN(c2nc(N)c(C(=O)NCCO)nc2Cl)CCN1C1CCN(C(=O)c2cnc(Cl)nc2C(F)(F)F)CC1. The number of nitrogens with one attached hydrogen (secondary N) is 1. The number of amides is 2. The van der Waals surface area contributed by atoms with E-state index in [1.165, 1.54) is 4.90 Å². The molecule has 2 aliphatic rings. The molecule has 0 aliphatic carbocycles. The van der Waals surface area contributed by atoms with Gasteiger partial charge in [0.15, 0.2) is 28.2 Å². The Bertz CT molecular complexity index is 1280. The van der Waals surface area contributed by atoms with Crippen molar-refractivity contribution in [2.24, 2.45) is 0 Å². The summed E-state index contributed by atoms with van der Waals surface area (Å²) >= 11 is 11.9. The lowest BCUT2D eigenvalue weighted by atomic mass is 9.97. The van der Waals surface area contributed by atoms with Crippen LogP contribution in [0, 0.1) is 0 Å². The summed E-state index contributed by atoms with van der Waals surface area (Å²) in [5.41, 5.74) is 3.92. The zero-order chi connectivity index (χ0) is 29.9. The number of halogens is 5. The average Bonchev–Trinajstić information content (AvgIpc) is 2.95. The van der Waals surface area contributed by atoms with Crippen LogP contribution in [-0.2, 0) is 6.18 Å². The molecule has 2 aromatic heterocycles. The monoisotopic (exact) mass is 619 g/mol. The lowest BCUT2D eigenvalue weighted by Gasteiger charge is -2.47. The summed E-state index contributed by atoms with van der Waals surface area (Å²) < 4.78 is 40.4. The lowest BCUT2D eigenvalue weighted by molar-refractivity contribution is -0.141. The van der Waals surface area contributed by atoms with Crippen LogP contribution in [0.15, 0.2) is 6.20 Å². The highest BCUT2D eigenvalue weighted by Gasteiger charge is 2.40. The fraction of sp³-hybridized carbons (Fsp3) is 0.583. The first-order valence-corrected chi connectivity index (χ1v) is 13.8. The molecule has 41 heavy (non-hydrogen) atoms. The highest BCUT2D eigenvalue weighted by Crippen LogP contribution is 2.33. The number of aromatic nitrogens is 4. The van der Waals surface area contributed by atoms with Crippen molar-refractivity contribution in [1.82, 2.24) is 35.1 Å². The van der Waals surface area contributed by atoms with Gasteiger partial charge in [0.05, 0.1) is 12.2 Å². The lowest BCUT2D eigenvalue weighted by Crippen LogP contribution is -2.59. The number of nitrogen functional groups attached to an aromatic ring is 1. The van der Waals surface area contributed by atoms with Crippen molar-refractivity contribution in [3.8, 4) is 0 Å². The van der Waals surface area contributed by atoms with Gasteiger partial charge in [-0.1, -0.05) is 18.5 Å². The molecule has 2 aromatic rings. The smallest absolute Gasteiger partial charge is 0.395 e. The number of hydrogen-bond acceptors (Lipinski definition) is 10. The van der Waals surface area contributed by atoms with E-state index in [9.17, 15) is 22.8 Å². The van der Waals surface area contributed by atoms with E-state index in [-0.39, 0.29) is 55.0 Å². The van der Waals surface area contributed by atoms with Gasteiger partial charge in [0, 0.05) is 57.5 Å². The summed E-state index contributed by atoms with van der Waals surface area (Å²) in [5.74, 6) is -1.07. The number of piperazine rings is 1. The Hall–Kier alpha value is -3.01. The Morgan fingerprint density at radius 1 is 1.15 bits per heavy atom. The number of nitrogens with zero attached hydrogens (tertiary/aromatic N) is 7. The van der Waals surface area contributed by atoms with Gasteiger partial charge in [0.2, 0.25) is 5.28 Å². The number of alkyl halides is 3. The maximum atomic E-state index is 13.5. The predicted octanol–water partition coefficient (Wildman–Crippen LogP) is 2.10. The molecule has 0 saturated carbocycles. The van der Waals surface area contributed by atoms with Crippen LogP contribution >= 0.6 is 23.2 Å². The number of carbonyl (C=O) groups excluding carboxylic acids is 2. The highest BCUT2D eigenvalue weighted by molar-refractivity contribution is 6.32. The molecule has 2 aliphatic heterocycles. The van der Waals surface area contributed by atoms with Crippen LogP contribution in [-0.4, -0.2) is 105 Å². The first-order valence-electron chi connectivity index (χ1n) is 13.1. The van der Waals surface area contributed by atoms with E-state index in [1.807, 2.05) is 4.90 Å². The summed E-state index contributed by atoms with van der Waals surface area (Å²) in [4.78, 5) is 46.2. The van der Waals surface area contributed by atoms with E-state index in [0.29, 0.717) is 38.3 Å². The van der Waals surface area contributed by atoms with Crippen molar-refractivity contribution < 1.29 is 27.9 Å². The predicted molar refractivity (Wildman–Crippen MR) is 145 cm³/mol. The molecule has 4 rings (SSSR count). The molecule has 0 unspecified atom stereocenters. The number of nitrogens with two attached hydrogens (primary N) is 1. The fourth-order valence-electron chi connectivity index (χ4n) is 5.25. The molecule has 0 spiro atoms. The van der Waals surface area contributed by atoms with Crippen molar-refractivity contribution in [3.05, 3.63) is 33.6 Å². The standard InChI is InChI=1S/C24H30Cl2F3N9O3/c1-2-13-12-37(20-18(25)33-16(19(30)35-20)21(40)31-5-10-39)8-9-38(13)14-3-6-36(7-4-14)22(41)15-11-32-23(26)34-17(15)24(27,28)29/h11,13-14,39H,2-10,12H2,1H3,(H2,30,35)(H,31,40)/t13-/m0/s1. The Kier molecular flexibility index (Phi) is 9.72. The van der Waals surface area contributed by atoms with Gasteiger partial charge in [0.25, 0.3) is 11.8 Å². The Morgan fingerprint density at radius 3 is 2.49 bits per heavy atom. The van der Waals surface area contributed by atoms with Crippen LogP contribution in [0.2, 0.25) is 10.4 Å². The van der Waals surface area contributed by atoms with E-state index < -0.39 is 34.5 Å². The molecule has 2 saturated heterocycles. The summed E-state index contributed by atoms with van der Waals surface area (Å²) in [6, 6.07) is 0.225. The molecule has 2 amide bonds. The van der Waals surface area contributed by atoms with Crippen molar-refractivity contribution >= 4 is 46.7 Å². The molecule has 224 valence electrons.